The number of hydrogen-bond donors (Lipinski definition) is 2. The zero-order chi connectivity index (χ0) is 16.0. The van der Waals surface area contributed by atoms with E-state index in [1.165, 1.54) is 6.21 Å². The van der Waals surface area contributed by atoms with Crippen molar-refractivity contribution >= 4 is 24.5 Å². The molecule has 3 rings (SSSR count). The lowest BCUT2D eigenvalue weighted by Gasteiger charge is -2.36. The standard InChI is InChI=1S/C15H12F3N3S/c1-9-2-3-10-7-20-15(22,21-12(10)6-9)14(17,18)13-5-4-11(16)8-19-13/h2-8,21-22H,1H3. The lowest BCUT2D eigenvalue weighted by Crippen LogP contribution is -2.48. The maximum atomic E-state index is 14.7. The van der Waals surface area contributed by atoms with Gasteiger partial charge >= 0.3 is 5.92 Å². The van der Waals surface area contributed by atoms with Crippen LogP contribution in [-0.2, 0) is 5.92 Å². The number of alkyl halides is 2. The summed E-state index contributed by atoms with van der Waals surface area (Å²) in [6, 6.07) is 7.23. The van der Waals surface area contributed by atoms with Gasteiger partial charge in [-0.2, -0.15) is 8.78 Å². The molecule has 3 nitrogen and oxygen atoms in total. The molecule has 0 saturated heterocycles. The van der Waals surface area contributed by atoms with E-state index in [2.05, 4.69) is 27.9 Å². The summed E-state index contributed by atoms with van der Waals surface area (Å²) < 4.78 is 42.3. The van der Waals surface area contributed by atoms with Crippen LogP contribution in [0.15, 0.2) is 41.5 Å². The largest absolute Gasteiger partial charge is 0.347 e. The molecule has 22 heavy (non-hydrogen) atoms. The molecular formula is C15H12F3N3S. The molecule has 0 spiro atoms. The highest BCUT2D eigenvalue weighted by Gasteiger charge is 2.55. The minimum Gasteiger partial charge on any atom is -0.347 e. The van der Waals surface area contributed by atoms with Gasteiger partial charge < -0.3 is 5.32 Å². The summed E-state index contributed by atoms with van der Waals surface area (Å²) in [4.78, 5) is 5.11. The molecule has 2 heterocycles. The summed E-state index contributed by atoms with van der Waals surface area (Å²) >= 11 is 4.03. The second-order valence-electron chi connectivity index (χ2n) is 5.08. The number of fused-ring (bicyclic) bond motifs is 1. The van der Waals surface area contributed by atoms with E-state index in [1.54, 1.807) is 12.1 Å². The first-order valence-electron chi connectivity index (χ1n) is 6.48. The number of thiol groups is 1. The van der Waals surface area contributed by atoms with E-state index in [0.29, 0.717) is 11.3 Å². The lowest BCUT2D eigenvalue weighted by molar-refractivity contribution is -0.0383. The molecule has 0 aliphatic carbocycles. The number of aromatic nitrogens is 1. The predicted octanol–water partition coefficient (Wildman–Crippen LogP) is 3.75. The van der Waals surface area contributed by atoms with Crippen LogP contribution in [0, 0.1) is 12.7 Å². The summed E-state index contributed by atoms with van der Waals surface area (Å²) in [5.74, 6) is -4.23. The number of nitrogens with zero attached hydrogens (tertiary/aromatic N) is 2. The Balaban J connectivity index is 2.02. The molecule has 114 valence electrons. The zero-order valence-corrected chi connectivity index (χ0v) is 12.4. The third kappa shape index (κ3) is 2.35. The van der Waals surface area contributed by atoms with Crippen molar-refractivity contribution in [2.45, 2.75) is 17.8 Å². The molecule has 0 radical (unpaired) electrons. The second kappa shape index (κ2) is 5.01. The van der Waals surface area contributed by atoms with Crippen LogP contribution in [0.2, 0.25) is 0 Å². The third-order valence-corrected chi connectivity index (χ3v) is 3.90. The van der Waals surface area contributed by atoms with Crippen molar-refractivity contribution in [1.82, 2.24) is 4.98 Å². The van der Waals surface area contributed by atoms with Crippen LogP contribution in [0.5, 0.6) is 0 Å². The van der Waals surface area contributed by atoms with Crippen LogP contribution in [0.1, 0.15) is 16.8 Å². The van der Waals surface area contributed by atoms with Gasteiger partial charge in [-0.1, -0.05) is 12.1 Å². The smallest absolute Gasteiger partial charge is 0.341 e. The fourth-order valence-corrected chi connectivity index (χ4v) is 2.47. The summed E-state index contributed by atoms with van der Waals surface area (Å²) in [6.45, 7) is 1.85. The van der Waals surface area contributed by atoms with Crippen molar-refractivity contribution in [3.63, 3.8) is 0 Å². The molecule has 1 aromatic carbocycles. The van der Waals surface area contributed by atoms with E-state index < -0.39 is 22.4 Å². The average molecular weight is 323 g/mol. The number of halogens is 3. The van der Waals surface area contributed by atoms with Gasteiger partial charge in [-0.15, -0.1) is 12.6 Å². The van der Waals surface area contributed by atoms with Crippen molar-refractivity contribution in [1.29, 1.82) is 0 Å². The maximum Gasteiger partial charge on any atom is 0.341 e. The van der Waals surface area contributed by atoms with Crippen molar-refractivity contribution in [3.8, 4) is 0 Å². The first kappa shape index (κ1) is 14.9. The van der Waals surface area contributed by atoms with E-state index in [0.717, 1.165) is 23.9 Å². The Bertz CT molecular complexity index is 746. The second-order valence-corrected chi connectivity index (χ2v) is 5.73. The van der Waals surface area contributed by atoms with Crippen LogP contribution in [0.3, 0.4) is 0 Å². The number of anilines is 1. The summed E-state index contributed by atoms with van der Waals surface area (Å²) in [7, 11) is 0. The van der Waals surface area contributed by atoms with Gasteiger partial charge in [0.1, 0.15) is 11.5 Å². The minimum absolute atomic E-state index is 0.506. The Labute approximate surface area is 130 Å². The van der Waals surface area contributed by atoms with Crippen molar-refractivity contribution in [2.24, 2.45) is 4.99 Å². The molecule has 7 heteroatoms. The number of aryl methyl sites for hydroxylation is 1. The van der Waals surface area contributed by atoms with Crippen LogP contribution in [0.4, 0.5) is 18.9 Å². The third-order valence-electron chi connectivity index (χ3n) is 3.40. The van der Waals surface area contributed by atoms with Gasteiger partial charge in [0.05, 0.1) is 6.20 Å². The van der Waals surface area contributed by atoms with Crippen LogP contribution in [0.25, 0.3) is 0 Å². The van der Waals surface area contributed by atoms with Crippen molar-refractivity contribution < 1.29 is 13.2 Å². The van der Waals surface area contributed by atoms with Crippen LogP contribution < -0.4 is 5.32 Å². The summed E-state index contributed by atoms with van der Waals surface area (Å²) in [5.41, 5.74) is 1.51. The lowest BCUT2D eigenvalue weighted by atomic mass is 10.1. The Morgan fingerprint density at radius 2 is 2.00 bits per heavy atom. The van der Waals surface area contributed by atoms with Crippen molar-refractivity contribution in [2.75, 3.05) is 5.32 Å². The highest BCUT2D eigenvalue weighted by molar-refractivity contribution is 7.82. The van der Waals surface area contributed by atoms with Gasteiger partial charge in [-0.05, 0) is 30.7 Å². The molecule has 2 aromatic rings. The van der Waals surface area contributed by atoms with Gasteiger partial charge in [-0.25, -0.2) is 9.38 Å². The highest BCUT2D eigenvalue weighted by Crippen LogP contribution is 2.45. The van der Waals surface area contributed by atoms with Crippen LogP contribution in [-0.4, -0.2) is 16.2 Å². The molecule has 1 N–H and O–H groups in total. The van der Waals surface area contributed by atoms with E-state index >= 15 is 0 Å². The number of nitrogens with one attached hydrogen (secondary N) is 1. The molecule has 0 saturated carbocycles. The van der Waals surface area contributed by atoms with Gasteiger partial charge in [0.25, 0.3) is 0 Å². The van der Waals surface area contributed by atoms with E-state index in [-0.39, 0.29) is 0 Å². The molecule has 1 unspecified atom stereocenters. The number of hydrogen-bond acceptors (Lipinski definition) is 4. The number of pyridine rings is 1. The average Bonchev–Trinajstić information content (AvgIpc) is 2.47. The van der Waals surface area contributed by atoms with E-state index in [1.807, 2.05) is 13.0 Å². The Morgan fingerprint density at radius 3 is 2.68 bits per heavy atom. The Hall–Kier alpha value is -2.02. The SMILES string of the molecule is Cc1ccc2c(c1)NC(S)(C(F)(F)c1ccc(F)cn1)N=C2. The Kier molecular flexibility index (Phi) is 3.40. The monoisotopic (exact) mass is 323 g/mol. The molecule has 0 fully saturated rings. The number of rotatable bonds is 2. The van der Waals surface area contributed by atoms with Crippen LogP contribution >= 0.6 is 12.6 Å². The molecule has 1 atom stereocenters. The zero-order valence-electron chi connectivity index (χ0n) is 11.5. The van der Waals surface area contributed by atoms with Gasteiger partial charge in [-0.3, -0.25) is 4.98 Å². The van der Waals surface area contributed by atoms with E-state index in [4.69, 9.17) is 0 Å². The Morgan fingerprint density at radius 1 is 1.23 bits per heavy atom. The summed E-state index contributed by atoms with van der Waals surface area (Å²) in [6.07, 6.45) is 2.08. The quantitative estimate of drug-likeness (QED) is 0.826. The fraction of sp³-hybridized carbons (Fsp3) is 0.200. The van der Waals surface area contributed by atoms with Crippen molar-refractivity contribution in [3.05, 3.63) is 59.2 Å². The predicted molar refractivity (Wildman–Crippen MR) is 82.2 cm³/mol. The normalized spacial score (nSPS) is 20.4. The number of aliphatic imine (C=N–C) groups is 1. The number of benzene rings is 1. The summed E-state index contributed by atoms with van der Waals surface area (Å²) in [5, 5.41) is 2.65. The van der Waals surface area contributed by atoms with E-state index in [9.17, 15) is 13.2 Å². The topological polar surface area (TPSA) is 37.3 Å². The maximum absolute atomic E-state index is 14.7. The molecular weight excluding hydrogens is 311 g/mol. The van der Waals surface area contributed by atoms with Gasteiger partial charge in [0.2, 0.25) is 4.99 Å². The molecule has 0 bridgehead atoms. The fourth-order valence-electron chi connectivity index (χ4n) is 2.17. The first-order valence-corrected chi connectivity index (χ1v) is 6.93. The van der Waals surface area contributed by atoms with Gasteiger partial charge in [0.15, 0.2) is 0 Å². The molecule has 1 aliphatic rings. The first-order chi connectivity index (χ1) is 10.3. The highest BCUT2D eigenvalue weighted by atomic mass is 32.1. The minimum atomic E-state index is -3.54. The molecule has 0 amide bonds. The van der Waals surface area contributed by atoms with Gasteiger partial charge in [0, 0.05) is 17.5 Å². The molecule has 1 aliphatic heterocycles. The molecule has 1 aromatic heterocycles.